The van der Waals surface area contributed by atoms with Gasteiger partial charge in [0.15, 0.2) is 0 Å². The van der Waals surface area contributed by atoms with E-state index in [9.17, 15) is 4.39 Å². The lowest BCUT2D eigenvalue weighted by molar-refractivity contribution is 0.0993. The molecule has 18 heavy (non-hydrogen) atoms. The molecule has 1 aromatic rings. The average molecular weight is 269 g/mol. The topological polar surface area (TPSA) is 6.48 Å². The Morgan fingerprint density at radius 1 is 1.28 bits per heavy atom. The molecule has 4 heteroatoms. The molecule has 3 rings (SSSR count). The highest BCUT2D eigenvalue weighted by atomic mass is 35.5. The second kappa shape index (κ2) is 5.16. The zero-order valence-corrected chi connectivity index (χ0v) is 11.2. The summed E-state index contributed by atoms with van der Waals surface area (Å²) < 4.78 is 13.1. The fourth-order valence-electron chi connectivity index (χ4n) is 3.10. The van der Waals surface area contributed by atoms with Crippen molar-refractivity contribution in [3.05, 3.63) is 34.6 Å². The lowest BCUT2D eigenvalue weighted by atomic mass is 10.1. The van der Waals surface area contributed by atoms with Gasteiger partial charge in [0.1, 0.15) is 5.82 Å². The van der Waals surface area contributed by atoms with Gasteiger partial charge in [-0.05, 0) is 37.1 Å². The van der Waals surface area contributed by atoms with Crippen molar-refractivity contribution >= 4 is 11.6 Å². The molecule has 2 aliphatic heterocycles. The summed E-state index contributed by atoms with van der Waals surface area (Å²) in [6.07, 6.45) is 2.65. The van der Waals surface area contributed by atoms with Gasteiger partial charge in [0.05, 0.1) is 5.02 Å². The van der Waals surface area contributed by atoms with Crippen LogP contribution < -0.4 is 0 Å². The zero-order chi connectivity index (χ0) is 12.5. The van der Waals surface area contributed by atoms with E-state index in [0.29, 0.717) is 0 Å². The molecule has 1 aromatic carbocycles. The Balaban J connectivity index is 1.64. The molecule has 2 fully saturated rings. The Bertz CT molecular complexity index is 438. The molecule has 98 valence electrons. The second-order valence-electron chi connectivity index (χ2n) is 5.32. The predicted molar refractivity (Wildman–Crippen MR) is 71.3 cm³/mol. The molecule has 2 aliphatic rings. The first-order chi connectivity index (χ1) is 8.72. The van der Waals surface area contributed by atoms with Gasteiger partial charge in [0.25, 0.3) is 0 Å². The normalized spacial score (nSPS) is 25.3. The molecule has 0 aliphatic carbocycles. The summed E-state index contributed by atoms with van der Waals surface area (Å²) in [5.74, 6) is -0.332. The van der Waals surface area contributed by atoms with E-state index >= 15 is 0 Å². The molecule has 2 heterocycles. The Hall–Kier alpha value is -0.640. The van der Waals surface area contributed by atoms with E-state index in [-0.39, 0.29) is 10.8 Å². The molecule has 2 saturated heterocycles. The molecular formula is C14H18ClFN2. The van der Waals surface area contributed by atoms with Crippen molar-refractivity contribution in [3.63, 3.8) is 0 Å². The monoisotopic (exact) mass is 268 g/mol. The third-order valence-corrected chi connectivity index (χ3v) is 4.35. The van der Waals surface area contributed by atoms with Crippen molar-refractivity contribution < 1.29 is 4.39 Å². The molecule has 2 nitrogen and oxygen atoms in total. The van der Waals surface area contributed by atoms with Crippen LogP contribution in [0.15, 0.2) is 18.2 Å². The predicted octanol–water partition coefficient (Wildman–Crippen LogP) is 2.76. The van der Waals surface area contributed by atoms with Crippen molar-refractivity contribution in [2.24, 2.45) is 0 Å². The van der Waals surface area contributed by atoms with E-state index < -0.39 is 0 Å². The summed E-state index contributed by atoms with van der Waals surface area (Å²) in [7, 11) is 0. The maximum absolute atomic E-state index is 13.1. The van der Waals surface area contributed by atoms with Gasteiger partial charge in [-0.15, -0.1) is 0 Å². The first kappa shape index (κ1) is 12.4. The minimum absolute atomic E-state index is 0.229. The first-order valence-corrected chi connectivity index (χ1v) is 7.00. The van der Waals surface area contributed by atoms with Crippen LogP contribution in [0.4, 0.5) is 4.39 Å². The minimum atomic E-state index is -0.332. The Morgan fingerprint density at radius 2 is 2.17 bits per heavy atom. The third kappa shape index (κ3) is 2.53. The van der Waals surface area contributed by atoms with Crippen LogP contribution in [0.25, 0.3) is 0 Å². The molecule has 0 N–H and O–H groups in total. The van der Waals surface area contributed by atoms with Crippen molar-refractivity contribution in [1.29, 1.82) is 0 Å². The number of hydrogen-bond donors (Lipinski definition) is 0. The zero-order valence-electron chi connectivity index (χ0n) is 10.4. The summed E-state index contributed by atoms with van der Waals surface area (Å²) in [4.78, 5) is 5.05. The van der Waals surface area contributed by atoms with Crippen molar-refractivity contribution in [2.75, 3.05) is 26.2 Å². The molecule has 1 unspecified atom stereocenters. The molecule has 0 amide bonds. The number of fused-ring (bicyclic) bond motifs is 1. The average Bonchev–Trinajstić information content (AvgIpc) is 2.81. The third-order valence-electron chi connectivity index (χ3n) is 4.06. The molecule has 1 atom stereocenters. The van der Waals surface area contributed by atoms with Crippen LogP contribution in [0, 0.1) is 5.82 Å². The molecule has 0 saturated carbocycles. The number of rotatable bonds is 2. The van der Waals surface area contributed by atoms with Crippen LogP contribution in [-0.4, -0.2) is 42.0 Å². The summed E-state index contributed by atoms with van der Waals surface area (Å²) >= 11 is 5.82. The molecular weight excluding hydrogens is 251 g/mol. The molecule has 0 bridgehead atoms. The van der Waals surface area contributed by atoms with E-state index in [2.05, 4.69) is 9.80 Å². The van der Waals surface area contributed by atoms with Gasteiger partial charge in [0, 0.05) is 32.2 Å². The van der Waals surface area contributed by atoms with E-state index in [1.54, 1.807) is 6.07 Å². The van der Waals surface area contributed by atoms with Crippen LogP contribution in [0.5, 0.6) is 0 Å². The number of hydrogen-bond acceptors (Lipinski definition) is 2. The maximum atomic E-state index is 13.1. The van der Waals surface area contributed by atoms with Gasteiger partial charge < -0.3 is 0 Å². The lowest BCUT2D eigenvalue weighted by Gasteiger charge is -2.37. The van der Waals surface area contributed by atoms with Gasteiger partial charge >= 0.3 is 0 Å². The van der Waals surface area contributed by atoms with Crippen LogP contribution in [0.2, 0.25) is 5.02 Å². The van der Waals surface area contributed by atoms with Gasteiger partial charge in [-0.25, -0.2) is 4.39 Å². The highest BCUT2D eigenvalue weighted by molar-refractivity contribution is 6.30. The van der Waals surface area contributed by atoms with Crippen LogP contribution in [0.3, 0.4) is 0 Å². The largest absolute Gasteiger partial charge is 0.298 e. The Kier molecular flexibility index (Phi) is 3.55. The van der Waals surface area contributed by atoms with E-state index in [1.807, 2.05) is 6.07 Å². The molecule has 0 aromatic heterocycles. The Morgan fingerprint density at radius 3 is 3.00 bits per heavy atom. The smallest absolute Gasteiger partial charge is 0.141 e. The maximum Gasteiger partial charge on any atom is 0.141 e. The fraction of sp³-hybridized carbons (Fsp3) is 0.571. The van der Waals surface area contributed by atoms with Crippen molar-refractivity contribution in [3.8, 4) is 0 Å². The van der Waals surface area contributed by atoms with E-state index in [4.69, 9.17) is 11.6 Å². The van der Waals surface area contributed by atoms with Gasteiger partial charge in [-0.2, -0.15) is 0 Å². The van der Waals surface area contributed by atoms with Crippen LogP contribution in [0.1, 0.15) is 18.4 Å². The number of halogens is 2. The molecule has 0 spiro atoms. The van der Waals surface area contributed by atoms with Gasteiger partial charge in [-0.1, -0.05) is 17.7 Å². The fourth-order valence-corrected chi connectivity index (χ4v) is 3.30. The quantitative estimate of drug-likeness (QED) is 0.814. The van der Waals surface area contributed by atoms with Crippen molar-refractivity contribution in [2.45, 2.75) is 25.4 Å². The Labute approximate surface area is 112 Å². The number of nitrogens with zero attached hydrogens (tertiary/aromatic N) is 2. The lowest BCUT2D eigenvalue weighted by Crippen LogP contribution is -2.49. The summed E-state index contributed by atoms with van der Waals surface area (Å²) in [6.45, 7) is 5.55. The minimum Gasteiger partial charge on any atom is -0.298 e. The second-order valence-corrected chi connectivity index (χ2v) is 5.72. The standard InChI is InChI=1S/C14H18ClFN2/c15-13-8-11(3-4-14(13)16)9-17-6-7-18-5-1-2-12(18)10-17/h3-4,8,12H,1-2,5-7,9-10H2. The SMILES string of the molecule is Fc1ccc(CN2CCN3CCCC3C2)cc1Cl. The van der Waals surface area contributed by atoms with Crippen LogP contribution >= 0.6 is 11.6 Å². The molecule has 0 radical (unpaired) electrons. The van der Waals surface area contributed by atoms with Gasteiger partial charge in [0.2, 0.25) is 0 Å². The summed E-state index contributed by atoms with van der Waals surface area (Å²) in [5.41, 5.74) is 1.10. The highest BCUT2D eigenvalue weighted by Crippen LogP contribution is 2.23. The van der Waals surface area contributed by atoms with Crippen molar-refractivity contribution in [1.82, 2.24) is 9.80 Å². The van der Waals surface area contributed by atoms with E-state index in [0.717, 1.165) is 31.2 Å². The summed E-state index contributed by atoms with van der Waals surface area (Å²) in [5, 5.41) is 0.229. The number of piperazine rings is 1. The first-order valence-electron chi connectivity index (χ1n) is 6.63. The summed E-state index contributed by atoms with van der Waals surface area (Å²) in [6, 6.07) is 5.78. The van der Waals surface area contributed by atoms with Gasteiger partial charge in [-0.3, -0.25) is 9.80 Å². The highest BCUT2D eigenvalue weighted by Gasteiger charge is 2.30. The van der Waals surface area contributed by atoms with E-state index in [1.165, 1.54) is 32.0 Å². The number of benzene rings is 1. The van der Waals surface area contributed by atoms with Crippen LogP contribution in [-0.2, 0) is 6.54 Å².